The fraction of sp³-hybridized carbons (Fsp3) is 0.444. The first-order valence-corrected chi connectivity index (χ1v) is 12.1. The first-order chi connectivity index (χ1) is 17.0. The summed E-state index contributed by atoms with van der Waals surface area (Å²) < 4.78 is 15.5. The van der Waals surface area contributed by atoms with Crippen LogP contribution >= 0.6 is 0 Å². The van der Waals surface area contributed by atoms with Gasteiger partial charge in [0, 0.05) is 31.6 Å². The summed E-state index contributed by atoms with van der Waals surface area (Å²) in [6.45, 7) is 6.35. The summed E-state index contributed by atoms with van der Waals surface area (Å²) in [5, 5.41) is 3.02. The number of aryl methyl sites for hydroxylation is 1. The number of benzene rings is 2. The van der Waals surface area contributed by atoms with Crippen molar-refractivity contribution in [2.75, 3.05) is 32.8 Å². The van der Waals surface area contributed by atoms with E-state index < -0.39 is 6.16 Å². The topological polar surface area (TPSA) is 94.2 Å². The summed E-state index contributed by atoms with van der Waals surface area (Å²) in [5.74, 6) is 1.52. The molecule has 0 bridgehead atoms. The number of likely N-dealkylation sites (tertiary alicyclic amines) is 1. The van der Waals surface area contributed by atoms with Crippen molar-refractivity contribution in [2.45, 2.75) is 39.5 Å². The molecule has 0 aliphatic carbocycles. The lowest BCUT2D eigenvalue weighted by Crippen LogP contribution is -2.41. The Bertz CT molecular complexity index is 983. The Morgan fingerprint density at radius 2 is 1.74 bits per heavy atom. The molecule has 35 heavy (non-hydrogen) atoms. The highest BCUT2D eigenvalue weighted by molar-refractivity contribution is 5.94. The fourth-order valence-corrected chi connectivity index (χ4v) is 3.91. The summed E-state index contributed by atoms with van der Waals surface area (Å²) >= 11 is 0. The summed E-state index contributed by atoms with van der Waals surface area (Å²) in [7, 11) is 0. The van der Waals surface area contributed by atoms with Crippen LogP contribution < -0.4 is 14.8 Å². The first kappa shape index (κ1) is 26.1. The van der Waals surface area contributed by atoms with Crippen LogP contribution in [0.15, 0.2) is 48.5 Å². The summed E-state index contributed by atoms with van der Waals surface area (Å²) in [6, 6.07) is 14.3. The van der Waals surface area contributed by atoms with E-state index in [1.807, 2.05) is 36.1 Å². The molecule has 2 aromatic rings. The molecule has 3 rings (SSSR count). The summed E-state index contributed by atoms with van der Waals surface area (Å²) in [4.78, 5) is 38.2. The van der Waals surface area contributed by atoms with Gasteiger partial charge in [-0.15, -0.1) is 0 Å². The summed E-state index contributed by atoms with van der Waals surface area (Å²) in [5.41, 5.74) is 1.63. The molecule has 8 heteroatoms. The maximum absolute atomic E-state index is 12.8. The van der Waals surface area contributed by atoms with Gasteiger partial charge in [-0.3, -0.25) is 9.59 Å². The minimum atomic E-state index is -0.767. The van der Waals surface area contributed by atoms with Crippen molar-refractivity contribution in [3.8, 4) is 11.5 Å². The van der Waals surface area contributed by atoms with Crippen molar-refractivity contribution in [2.24, 2.45) is 5.92 Å². The molecular weight excluding hydrogens is 448 g/mol. The van der Waals surface area contributed by atoms with Crippen LogP contribution in [0.3, 0.4) is 0 Å². The van der Waals surface area contributed by atoms with Gasteiger partial charge in [-0.25, -0.2) is 4.79 Å². The Balaban J connectivity index is 1.32. The first-order valence-electron chi connectivity index (χ1n) is 12.1. The molecule has 0 spiro atoms. The van der Waals surface area contributed by atoms with Crippen LogP contribution in [0.25, 0.3) is 0 Å². The zero-order chi connectivity index (χ0) is 25.0. The predicted octanol–water partition coefficient (Wildman–Crippen LogP) is 4.36. The second-order valence-corrected chi connectivity index (χ2v) is 8.57. The molecule has 1 N–H and O–H groups in total. The van der Waals surface area contributed by atoms with Crippen LogP contribution in [-0.2, 0) is 9.53 Å². The van der Waals surface area contributed by atoms with E-state index in [0.717, 1.165) is 24.2 Å². The molecule has 2 amide bonds. The van der Waals surface area contributed by atoms with E-state index in [4.69, 9.17) is 14.2 Å². The monoisotopic (exact) mass is 482 g/mol. The van der Waals surface area contributed by atoms with Crippen LogP contribution in [0.4, 0.5) is 4.79 Å². The number of hydrogen-bond acceptors (Lipinski definition) is 6. The Morgan fingerprint density at radius 1 is 1.03 bits per heavy atom. The number of piperidine rings is 1. The minimum absolute atomic E-state index is 0.0296. The number of amides is 2. The van der Waals surface area contributed by atoms with Gasteiger partial charge in [0.2, 0.25) is 5.91 Å². The van der Waals surface area contributed by atoms with E-state index in [1.54, 1.807) is 31.2 Å². The van der Waals surface area contributed by atoms with E-state index in [9.17, 15) is 14.4 Å². The van der Waals surface area contributed by atoms with Crippen LogP contribution in [0.5, 0.6) is 11.5 Å². The molecule has 1 aliphatic rings. The zero-order valence-electron chi connectivity index (χ0n) is 20.5. The predicted molar refractivity (Wildman–Crippen MR) is 132 cm³/mol. The van der Waals surface area contributed by atoms with Crippen molar-refractivity contribution >= 4 is 18.0 Å². The molecule has 1 saturated heterocycles. The van der Waals surface area contributed by atoms with Gasteiger partial charge in [0.1, 0.15) is 11.5 Å². The average Bonchev–Trinajstić information content (AvgIpc) is 2.87. The molecule has 188 valence electrons. The number of carbonyl (C=O) groups is 3. The van der Waals surface area contributed by atoms with Gasteiger partial charge >= 0.3 is 6.16 Å². The molecule has 1 fully saturated rings. The maximum atomic E-state index is 12.8. The number of carbonyl (C=O) groups excluding carboxylic acids is 3. The molecule has 0 saturated carbocycles. The maximum Gasteiger partial charge on any atom is 0.513 e. The highest BCUT2D eigenvalue weighted by Crippen LogP contribution is 2.20. The molecule has 1 heterocycles. The molecule has 8 nitrogen and oxygen atoms in total. The Labute approximate surface area is 206 Å². The summed E-state index contributed by atoms with van der Waals surface area (Å²) in [6.07, 6.45) is 2.01. The van der Waals surface area contributed by atoms with E-state index in [0.29, 0.717) is 56.3 Å². The second-order valence-electron chi connectivity index (χ2n) is 8.57. The van der Waals surface area contributed by atoms with Gasteiger partial charge in [-0.1, -0.05) is 18.2 Å². The van der Waals surface area contributed by atoms with E-state index in [1.165, 1.54) is 0 Å². The Morgan fingerprint density at radius 3 is 2.43 bits per heavy atom. The van der Waals surface area contributed by atoms with Crippen molar-refractivity contribution in [1.82, 2.24) is 10.2 Å². The standard InChI is InChI=1S/C27H34N2O6/c1-3-33-27(32)35-23-12-10-22(11-13-23)26(31)29-16-14-21(15-17-29)19-28-25(30)9-6-18-34-24-8-5-4-7-20(24)2/h4-5,7-8,10-13,21H,3,6,9,14-19H2,1-2H3,(H,28,30). The molecule has 1 aliphatic heterocycles. The SMILES string of the molecule is CCOC(=O)Oc1ccc(C(=O)N2CCC(CNC(=O)CCCOc3ccccc3C)CC2)cc1. The third kappa shape index (κ3) is 8.31. The van der Waals surface area contributed by atoms with Crippen molar-refractivity contribution < 1.29 is 28.6 Å². The van der Waals surface area contributed by atoms with Gasteiger partial charge in [-0.2, -0.15) is 0 Å². The second kappa shape index (κ2) is 13.4. The van der Waals surface area contributed by atoms with Crippen molar-refractivity contribution in [3.05, 3.63) is 59.7 Å². The normalized spacial score (nSPS) is 13.7. The highest BCUT2D eigenvalue weighted by atomic mass is 16.7. The quantitative estimate of drug-likeness (QED) is 0.307. The third-order valence-corrected chi connectivity index (χ3v) is 5.95. The van der Waals surface area contributed by atoms with Gasteiger partial charge in [0.15, 0.2) is 0 Å². The number of hydrogen-bond donors (Lipinski definition) is 1. The number of para-hydroxylation sites is 1. The number of nitrogens with zero attached hydrogens (tertiary/aromatic N) is 1. The zero-order valence-corrected chi connectivity index (χ0v) is 20.5. The number of rotatable bonds is 10. The van der Waals surface area contributed by atoms with Crippen LogP contribution in [0.1, 0.15) is 48.5 Å². The lowest BCUT2D eigenvalue weighted by atomic mass is 9.96. The molecule has 0 atom stereocenters. The lowest BCUT2D eigenvalue weighted by Gasteiger charge is -2.32. The minimum Gasteiger partial charge on any atom is -0.493 e. The van der Waals surface area contributed by atoms with E-state index >= 15 is 0 Å². The largest absolute Gasteiger partial charge is 0.513 e. The molecule has 0 radical (unpaired) electrons. The molecule has 2 aromatic carbocycles. The average molecular weight is 483 g/mol. The number of nitrogens with one attached hydrogen (secondary N) is 1. The molecule has 0 unspecified atom stereocenters. The van der Waals surface area contributed by atoms with Crippen LogP contribution in [0, 0.1) is 12.8 Å². The van der Waals surface area contributed by atoms with Crippen LogP contribution in [0.2, 0.25) is 0 Å². The van der Waals surface area contributed by atoms with Gasteiger partial charge in [-0.05, 0) is 74.9 Å². The smallest absolute Gasteiger partial charge is 0.493 e. The van der Waals surface area contributed by atoms with E-state index in [2.05, 4.69) is 5.32 Å². The van der Waals surface area contributed by atoms with Gasteiger partial charge < -0.3 is 24.4 Å². The van der Waals surface area contributed by atoms with Gasteiger partial charge in [0.25, 0.3) is 5.91 Å². The fourth-order valence-electron chi connectivity index (χ4n) is 3.91. The van der Waals surface area contributed by atoms with Gasteiger partial charge in [0.05, 0.1) is 13.2 Å². The van der Waals surface area contributed by atoms with Crippen molar-refractivity contribution in [3.63, 3.8) is 0 Å². The van der Waals surface area contributed by atoms with E-state index in [-0.39, 0.29) is 18.4 Å². The molecular formula is C27H34N2O6. The van der Waals surface area contributed by atoms with Crippen LogP contribution in [-0.4, -0.2) is 55.7 Å². The Hall–Kier alpha value is -3.55. The third-order valence-electron chi connectivity index (χ3n) is 5.95. The molecule has 0 aromatic heterocycles. The number of ether oxygens (including phenoxy) is 3. The Kier molecular flexibility index (Phi) is 9.95. The lowest BCUT2D eigenvalue weighted by molar-refractivity contribution is -0.121. The highest BCUT2D eigenvalue weighted by Gasteiger charge is 2.24. The van der Waals surface area contributed by atoms with Crippen molar-refractivity contribution in [1.29, 1.82) is 0 Å².